The third-order valence-corrected chi connectivity index (χ3v) is 5.22. The van der Waals surface area contributed by atoms with Crippen LogP contribution in [0.25, 0.3) is 0 Å². The van der Waals surface area contributed by atoms with Crippen LogP contribution in [0.5, 0.6) is 0 Å². The lowest BCUT2D eigenvalue weighted by Crippen LogP contribution is -2.52. The van der Waals surface area contributed by atoms with Gasteiger partial charge in [-0.1, -0.05) is 25.1 Å². The maximum atomic E-state index is 13.0. The predicted octanol–water partition coefficient (Wildman–Crippen LogP) is 2.98. The summed E-state index contributed by atoms with van der Waals surface area (Å²) in [6, 6.07) is 3.83. The smallest absolute Gasteiger partial charge is 0.259 e. The van der Waals surface area contributed by atoms with E-state index < -0.39 is 0 Å². The Hall–Kier alpha value is -2.70. The Morgan fingerprint density at radius 1 is 1.36 bits per heavy atom. The molecule has 1 atom stereocenters. The van der Waals surface area contributed by atoms with E-state index >= 15 is 0 Å². The van der Waals surface area contributed by atoms with Crippen LogP contribution in [0.4, 0.5) is 0 Å². The molecule has 2 aromatic rings. The second kappa shape index (κ2) is 8.54. The number of hydrogen-bond donors (Lipinski definition) is 0. The van der Waals surface area contributed by atoms with E-state index in [0.717, 1.165) is 18.4 Å². The molecule has 1 unspecified atom stereocenters. The highest BCUT2D eigenvalue weighted by molar-refractivity contribution is 5.96. The van der Waals surface area contributed by atoms with Crippen LogP contribution in [0, 0.1) is 19.8 Å². The van der Waals surface area contributed by atoms with Crippen molar-refractivity contribution in [2.75, 3.05) is 13.1 Å². The van der Waals surface area contributed by atoms with Gasteiger partial charge in [0.25, 0.3) is 5.91 Å². The lowest BCUT2D eigenvalue weighted by Gasteiger charge is -2.40. The summed E-state index contributed by atoms with van der Waals surface area (Å²) in [5, 5.41) is 3.90. The number of piperidine rings is 1. The van der Waals surface area contributed by atoms with Crippen LogP contribution in [-0.2, 0) is 11.3 Å². The van der Waals surface area contributed by atoms with Crippen molar-refractivity contribution in [2.45, 2.75) is 53.1 Å². The summed E-state index contributed by atoms with van der Waals surface area (Å²) in [6.45, 7) is 9.05. The van der Waals surface area contributed by atoms with Gasteiger partial charge in [0.2, 0.25) is 5.91 Å². The average Bonchev–Trinajstić information content (AvgIpc) is 3.04. The van der Waals surface area contributed by atoms with Crippen LogP contribution in [0.2, 0.25) is 0 Å². The molecule has 3 heterocycles. The minimum absolute atomic E-state index is 0.0201. The average molecular weight is 384 g/mol. The van der Waals surface area contributed by atoms with Gasteiger partial charge >= 0.3 is 0 Å². The zero-order valence-electron chi connectivity index (χ0n) is 17.0. The van der Waals surface area contributed by atoms with Gasteiger partial charge in [-0.3, -0.25) is 14.6 Å². The molecular formula is C21H28N4O3. The SMILES string of the molecule is Cc1noc(C)c1C(=O)N1CCCC(N(Cc2cccnc2)C(=O)C(C)C)C1. The Morgan fingerprint density at radius 3 is 2.75 bits per heavy atom. The molecule has 1 aliphatic rings. The molecule has 2 amide bonds. The highest BCUT2D eigenvalue weighted by Gasteiger charge is 2.33. The molecule has 7 nitrogen and oxygen atoms in total. The fraction of sp³-hybridized carbons (Fsp3) is 0.524. The number of rotatable bonds is 5. The van der Waals surface area contributed by atoms with E-state index in [1.165, 1.54) is 0 Å². The fourth-order valence-electron chi connectivity index (χ4n) is 3.75. The van der Waals surface area contributed by atoms with E-state index in [1.54, 1.807) is 26.2 Å². The van der Waals surface area contributed by atoms with E-state index in [9.17, 15) is 9.59 Å². The molecule has 7 heteroatoms. The fourth-order valence-corrected chi connectivity index (χ4v) is 3.75. The minimum atomic E-state index is -0.106. The van der Waals surface area contributed by atoms with Crippen molar-refractivity contribution < 1.29 is 14.1 Å². The first kappa shape index (κ1) is 20.0. The lowest BCUT2D eigenvalue weighted by atomic mass is 10.00. The Labute approximate surface area is 165 Å². The van der Waals surface area contributed by atoms with Crippen molar-refractivity contribution in [2.24, 2.45) is 5.92 Å². The molecule has 150 valence electrons. The normalized spacial score (nSPS) is 17.0. The summed E-state index contributed by atoms with van der Waals surface area (Å²) >= 11 is 0. The molecule has 0 spiro atoms. The van der Waals surface area contributed by atoms with Gasteiger partial charge in [0.05, 0.1) is 5.69 Å². The Kier molecular flexibility index (Phi) is 6.11. The van der Waals surface area contributed by atoms with Crippen molar-refractivity contribution in [1.29, 1.82) is 0 Å². The summed E-state index contributed by atoms with van der Waals surface area (Å²) in [6.07, 6.45) is 5.25. The maximum absolute atomic E-state index is 13.0. The van der Waals surface area contributed by atoms with Gasteiger partial charge in [0.15, 0.2) is 0 Å². The second-order valence-corrected chi connectivity index (χ2v) is 7.73. The predicted molar refractivity (Wildman–Crippen MR) is 105 cm³/mol. The molecule has 3 rings (SSSR count). The molecule has 0 aliphatic carbocycles. The molecule has 0 radical (unpaired) electrons. The van der Waals surface area contributed by atoms with Gasteiger partial charge in [-0.2, -0.15) is 0 Å². The van der Waals surface area contributed by atoms with Crippen molar-refractivity contribution in [3.8, 4) is 0 Å². The van der Waals surface area contributed by atoms with Crippen LogP contribution in [0.15, 0.2) is 29.0 Å². The highest BCUT2D eigenvalue weighted by Crippen LogP contribution is 2.23. The third-order valence-electron chi connectivity index (χ3n) is 5.22. The molecule has 2 aromatic heterocycles. The second-order valence-electron chi connectivity index (χ2n) is 7.73. The van der Waals surface area contributed by atoms with Crippen LogP contribution in [-0.4, -0.2) is 50.9 Å². The zero-order valence-corrected chi connectivity index (χ0v) is 17.0. The number of carbonyl (C=O) groups is 2. The van der Waals surface area contributed by atoms with Crippen molar-refractivity contribution >= 4 is 11.8 Å². The summed E-state index contributed by atoms with van der Waals surface area (Å²) in [5.41, 5.74) is 2.13. The minimum Gasteiger partial charge on any atom is -0.361 e. The van der Waals surface area contributed by atoms with Crippen molar-refractivity contribution in [1.82, 2.24) is 19.9 Å². The van der Waals surface area contributed by atoms with Gasteiger partial charge in [0, 0.05) is 44.0 Å². The number of nitrogens with zero attached hydrogens (tertiary/aromatic N) is 4. The molecule has 0 N–H and O–H groups in total. The third kappa shape index (κ3) is 4.24. The number of carbonyl (C=O) groups excluding carboxylic acids is 2. The lowest BCUT2D eigenvalue weighted by molar-refractivity contribution is -0.138. The summed E-state index contributed by atoms with van der Waals surface area (Å²) in [4.78, 5) is 33.9. The molecule has 28 heavy (non-hydrogen) atoms. The standard InChI is InChI=1S/C21H28N4O3/c1-14(2)20(26)25(12-17-7-5-9-22-11-17)18-8-6-10-24(13-18)21(27)19-15(3)23-28-16(19)4/h5,7,9,11,14,18H,6,8,10,12-13H2,1-4H3. The topological polar surface area (TPSA) is 79.5 Å². The first-order valence-electron chi connectivity index (χ1n) is 9.80. The first-order chi connectivity index (χ1) is 13.4. The Bertz CT molecular complexity index is 812. The van der Waals surface area contributed by atoms with E-state index in [2.05, 4.69) is 10.1 Å². The van der Waals surface area contributed by atoms with Gasteiger partial charge < -0.3 is 14.3 Å². The van der Waals surface area contributed by atoms with E-state index in [-0.39, 0.29) is 23.8 Å². The van der Waals surface area contributed by atoms with Gasteiger partial charge in [-0.05, 0) is 38.3 Å². The zero-order chi connectivity index (χ0) is 20.3. The maximum Gasteiger partial charge on any atom is 0.259 e. The van der Waals surface area contributed by atoms with E-state index in [1.807, 2.05) is 35.8 Å². The quantitative estimate of drug-likeness (QED) is 0.792. The summed E-state index contributed by atoms with van der Waals surface area (Å²) in [5.74, 6) is 0.458. The largest absolute Gasteiger partial charge is 0.361 e. The number of hydrogen-bond acceptors (Lipinski definition) is 5. The van der Waals surface area contributed by atoms with E-state index in [0.29, 0.717) is 36.7 Å². The van der Waals surface area contributed by atoms with Gasteiger partial charge in [0.1, 0.15) is 11.3 Å². The summed E-state index contributed by atoms with van der Waals surface area (Å²) in [7, 11) is 0. The number of pyridine rings is 1. The molecule has 1 fully saturated rings. The van der Waals surface area contributed by atoms with Gasteiger partial charge in [-0.25, -0.2) is 0 Å². The van der Waals surface area contributed by atoms with Crippen LogP contribution >= 0.6 is 0 Å². The van der Waals surface area contributed by atoms with Crippen molar-refractivity contribution in [3.63, 3.8) is 0 Å². The van der Waals surface area contributed by atoms with Crippen molar-refractivity contribution in [3.05, 3.63) is 47.1 Å². The molecule has 1 aliphatic heterocycles. The molecular weight excluding hydrogens is 356 g/mol. The number of amides is 2. The Morgan fingerprint density at radius 2 is 2.14 bits per heavy atom. The number of aromatic nitrogens is 2. The van der Waals surface area contributed by atoms with E-state index in [4.69, 9.17) is 4.52 Å². The van der Waals surface area contributed by atoms with Crippen LogP contribution in [0.1, 0.15) is 54.1 Å². The Balaban J connectivity index is 1.80. The molecule has 0 bridgehead atoms. The molecule has 1 saturated heterocycles. The van der Waals surface area contributed by atoms with Crippen LogP contribution < -0.4 is 0 Å². The summed E-state index contributed by atoms with van der Waals surface area (Å²) < 4.78 is 5.16. The first-order valence-corrected chi connectivity index (χ1v) is 9.80. The molecule has 0 aromatic carbocycles. The monoisotopic (exact) mass is 384 g/mol. The van der Waals surface area contributed by atoms with Crippen LogP contribution in [0.3, 0.4) is 0 Å². The van der Waals surface area contributed by atoms with Gasteiger partial charge in [-0.15, -0.1) is 0 Å². The molecule has 0 saturated carbocycles. The highest BCUT2D eigenvalue weighted by atomic mass is 16.5. The number of aryl methyl sites for hydroxylation is 2. The number of likely N-dealkylation sites (tertiary alicyclic amines) is 1.